The Kier molecular flexibility index (Phi) is 6.21. The molecule has 0 aromatic heterocycles. The second kappa shape index (κ2) is 9.00. The topological polar surface area (TPSA) is 26.3 Å². The van der Waals surface area contributed by atoms with Gasteiger partial charge in [-0.15, -0.1) is 0 Å². The van der Waals surface area contributed by atoms with Crippen LogP contribution in [0.25, 0.3) is 0 Å². The van der Waals surface area contributed by atoms with Crippen LogP contribution < -0.4 is 0 Å². The molecule has 2 nitrogen and oxygen atoms in total. The molecule has 0 aliphatic carbocycles. The largest absolute Gasteiger partial charge is 0.449 e. The molecule has 0 bridgehead atoms. The number of aryl methyl sites for hydroxylation is 1. The van der Waals surface area contributed by atoms with Gasteiger partial charge in [-0.2, -0.15) is 0 Å². The summed E-state index contributed by atoms with van der Waals surface area (Å²) in [6, 6.07) is 27.4. The number of hydrogen-bond acceptors (Lipinski definition) is 2. The second-order valence-electron chi connectivity index (χ2n) is 6.41. The monoisotopic (exact) mass is 344 g/mol. The van der Waals surface area contributed by atoms with Gasteiger partial charge in [-0.3, -0.25) is 0 Å². The normalized spacial score (nSPS) is 11.7. The van der Waals surface area contributed by atoms with Crippen molar-refractivity contribution in [3.8, 4) is 0 Å². The van der Waals surface area contributed by atoms with Crippen LogP contribution in [0.3, 0.4) is 0 Å². The molecule has 2 heteroatoms. The van der Waals surface area contributed by atoms with E-state index in [-0.39, 0.29) is 5.97 Å². The van der Waals surface area contributed by atoms with Crippen molar-refractivity contribution in [3.05, 3.63) is 107 Å². The fourth-order valence-electron chi connectivity index (χ4n) is 2.95. The number of benzene rings is 3. The molecule has 1 atom stereocenters. The van der Waals surface area contributed by atoms with Gasteiger partial charge in [-0.25, -0.2) is 4.79 Å². The molecule has 0 aliphatic rings. The lowest BCUT2D eigenvalue weighted by atomic mass is 9.99. The highest BCUT2D eigenvalue weighted by atomic mass is 16.5. The minimum absolute atomic E-state index is 0.311. The zero-order valence-corrected chi connectivity index (χ0v) is 15.1. The van der Waals surface area contributed by atoms with Gasteiger partial charge in [0.05, 0.1) is 5.56 Å². The highest BCUT2D eigenvalue weighted by molar-refractivity contribution is 5.89. The lowest BCUT2D eigenvalue weighted by Gasteiger charge is -2.19. The molecular weight excluding hydrogens is 320 g/mol. The van der Waals surface area contributed by atoms with Crippen LogP contribution in [0, 0.1) is 0 Å². The highest BCUT2D eigenvalue weighted by Gasteiger charge is 2.20. The minimum atomic E-state index is -0.413. The third-order valence-corrected chi connectivity index (χ3v) is 4.44. The standard InChI is InChI=1S/C24H24O2/c1-2-3-10-19-15-17-21(18-16-19)23(20-11-6-4-7-12-20)26-24(25)22-13-8-5-9-14-22/h4-9,11-18,23H,2-3,10H2,1H3. The van der Waals surface area contributed by atoms with E-state index < -0.39 is 6.10 Å². The molecule has 132 valence electrons. The zero-order chi connectivity index (χ0) is 18.2. The smallest absolute Gasteiger partial charge is 0.339 e. The molecule has 0 aliphatic heterocycles. The first-order valence-electron chi connectivity index (χ1n) is 9.17. The summed E-state index contributed by atoms with van der Waals surface area (Å²) in [6.45, 7) is 2.20. The van der Waals surface area contributed by atoms with Crippen LogP contribution >= 0.6 is 0 Å². The summed E-state index contributed by atoms with van der Waals surface area (Å²) in [4.78, 5) is 12.6. The van der Waals surface area contributed by atoms with Crippen molar-refractivity contribution in [1.29, 1.82) is 0 Å². The summed E-state index contributed by atoms with van der Waals surface area (Å²) in [5.41, 5.74) is 3.84. The fraction of sp³-hybridized carbons (Fsp3) is 0.208. The van der Waals surface area contributed by atoms with Gasteiger partial charge in [0.1, 0.15) is 0 Å². The van der Waals surface area contributed by atoms with Gasteiger partial charge in [-0.1, -0.05) is 86.1 Å². The molecular formula is C24H24O2. The number of carbonyl (C=O) groups excluding carboxylic acids is 1. The molecule has 0 N–H and O–H groups in total. The number of ether oxygens (including phenoxy) is 1. The van der Waals surface area contributed by atoms with Crippen LogP contribution in [0.4, 0.5) is 0 Å². The molecule has 0 saturated heterocycles. The van der Waals surface area contributed by atoms with Crippen molar-refractivity contribution in [2.45, 2.75) is 32.3 Å². The van der Waals surface area contributed by atoms with Crippen LogP contribution in [-0.2, 0) is 11.2 Å². The maximum Gasteiger partial charge on any atom is 0.339 e. The summed E-state index contributed by atoms with van der Waals surface area (Å²) in [7, 11) is 0. The van der Waals surface area contributed by atoms with Crippen LogP contribution in [0.1, 0.15) is 52.9 Å². The molecule has 3 aromatic carbocycles. The van der Waals surface area contributed by atoms with E-state index in [4.69, 9.17) is 4.74 Å². The van der Waals surface area contributed by atoms with Crippen molar-refractivity contribution in [3.63, 3.8) is 0 Å². The van der Waals surface area contributed by atoms with E-state index in [2.05, 4.69) is 31.2 Å². The van der Waals surface area contributed by atoms with Crippen molar-refractivity contribution >= 4 is 5.97 Å². The van der Waals surface area contributed by atoms with Crippen LogP contribution in [0.2, 0.25) is 0 Å². The Bertz CT molecular complexity index is 808. The lowest BCUT2D eigenvalue weighted by molar-refractivity contribution is 0.0378. The number of unbranched alkanes of at least 4 members (excludes halogenated alkanes) is 1. The zero-order valence-electron chi connectivity index (χ0n) is 15.1. The Morgan fingerprint density at radius 3 is 2.00 bits per heavy atom. The van der Waals surface area contributed by atoms with Crippen molar-refractivity contribution in [2.24, 2.45) is 0 Å². The van der Waals surface area contributed by atoms with Crippen molar-refractivity contribution < 1.29 is 9.53 Å². The van der Waals surface area contributed by atoms with Gasteiger partial charge in [0.25, 0.3) is 0 Å². The van der Waals surface area contributed by atoms with E-state index in [1.165, 1.54) is 18.4 Å². The minimum Gasteiger partial charge on any atom is -0.449 e. The summed E-state index contributed by atoms with van der Waals surface area (Å²) >= 11 is 0. The molecule has 1 unspecified atom stereocenters. The molecule has 3 aromatic rings. The molecule has 26 heavy (non-hydrogen) atoms. The number of hydrogen-bond donors (Lipinski definition) is 0. The summed E-state index contributed by atoms with van der Waals surface area (Å²) in [5, 5.41) is 0. The predicted molar refractivity (Wildman–Crippen MR) is 105 cm³/mol. The van der Waals surface area contributed by atoms with Gasteiger partial charge in [0, 0.05) is 0 Å². The maximum absolute atomic E-state index is 12.6. The molecule has 0 spiro atoms. The quantitative estimate of drug-likeness (QED) is 0.493. The van der Waals surface area contributed by atoms with E-state index >= 15 is 0 Å². The Balaban J connectivity index is 1.85. The first kappa shape index (κ1) is 17.9. The fourth-order valence-corrected chi connectivity index (χ4v) is 2.95. The summed E-state index contributed by atoms with van der Waals surface area (Å²) < 4.78 is 5.89. The maximum atomic E-state index is 12.6. The Labute approximate surface area is 155 Å². The predicted octanol–water partition coefficient (Wildman–Crippen LogP) is 5.98. The molecule has 0 saturated carbocycles. The third-order valence-electron chi connectivity index (χ3n) is 4.44. The number of carbonyl (C=O) groups is 1. The van der Waals surface area contributed by atoms with E-state index in [0.29, 0.717) is 5.56 Å². The third kappa shape index (κ3) is 4.60. The van der Waals surface area contributed by atoms with Crippen LogP contribution in [0.5, 0.6) is 0 Å². The Morgan fingerprint density at radius 2 is 1.38 bits per heavy atom. The number of rotatable bonds is 7. The number of esters is 1. The lowest BCUT2D eigenvalue weighted by Crippen LogP contribution is -2.13. The highest BCUT2D eigenvalue weighted by Crippen LogP contribution is 2.27. The first-order valence-corrected chi connectivity index (χ1v) is 9.17. The van der Waals surface area contributed by atoms with E-state index in [1.54, 1.807) is 12.1 Å². The second-order valence-corrected chi connectivity index (χ2v) is 6.41. The molecule has 0 heterocycles. The van der Waals surface area contributed by atoms with Crippen molar-refractivity contribution in [1.82, 2.24) is 0 Å². The van der Waals surface area contributed by atoms with Crippen molar-refractivity contribution in [2.75, 3.05) is 0 Å². The molecule has 3 rings (SSSR count). The van der Waals surface area contributed by atoms with Gasteiger partial charge in [0.2, 0.25) is 0 Å². The first-order chi connectivity index (χ1) is 12.8. The molecule has 0 amide bonds. The molecule has 0 fully saturated rings. The Hall–Kier alpha value is -2.87. The van der Waals surface area contributed by atoms with Crippen LogP contribution in [-0.4, -0.2) is 5.97 Å². The van der Waals surface area contributed by atoms with Gasteiger partial charge in [0.15, 0.2) is 6.10 Å². The van der Waals surface area contributed by atoms with Gasteiger partial charge < -0.3 is 4.74 Å². The Morgan fingerprint density at radius 1 is 0.808 bits per heavy atom. The average Bonchev–Trinajstić information content (AvgIpc) is 2.72. The van der Waals surface area contributed by atoms with E-state index in [9.17, 15) is 4.79 Å². The van der Waals surface area contributed by atoms with Crippen LogP contribution in [0.15, 0.2) is 84.9 Å². The summed E-state index contributed by atoms with van der Waals surface area (Å²) in [5.74, 6) is -0.311. The SMILES string of the molecule is CCCCc1ccc(C(OC(=O)c2ccccc2)c2ccccc2)cc1. The average molecular weight is 344 g/mol. The van der Waals surface area contributed by atoms with Gasteiger partial charge in [-0.05, 0) is 41.7 Å². The summed E-state index contributed by atoms with van der Waals surface area (Å²) in [6.07, 6.45) is 3.04. The van der Waals surface area contributed by atoms with E-state index in [0.717, 1.165) is 17.5 Å². The molecule has 0 radical (unpaired) electrons. The van der Waals surface area contributed by atoms with Gasteiger partial charge >= 0.3 is 5.97 Å². The van der Waals surface area contributed by atoms with E-state index in [1.807, 2.05) is 48.5 Å².